The minimum atomic E-state index is -3.95. The smallest absolute Gasteiger partial charge is 0.277 e. The van der Waals surface area contributed by atoms with Gasteiger partial charge in [-0.15, -0.1) is 0 Å². The summed E-state index contributed by atoms with van der Waals surface area (Å²) in [6.07, 6.45) is 2.51. The predicted molar refractivity (Wildman–Crippen MR) is 65.4 cm³/mol. The predicted octanol–water partition coefficient (Wildman–Crippen LogP) is -1.59. The second kappa shape index (κ2) is 6.24. The van der Waals surface area contributed by atoms with Crippen LogP contribution in [0, 0.1) is 0 Å². The van der Waals surface area contributed by atoms with Crippen LogP contribution in [0.25, 0.3) is 0 Å². The number of hydrogen-bond donors (Lipinski definition) is 3. The van der Waals surface area contributed by atoms with Gasteiger partial charge in [0, 0.05) is 13.2 Å². The molecule has 0 saturated carbocycles. The van der Waals surface area contributed by atoms with Crippen LogP contribution in [-0.4, -0.2) is 49.4 Å². The summed E-state index contributed by atoms with van der Waals surface area (Å²) in [6, 6.07) is 0. The minimum Gasteiger partial charge on any atom is -0.349 e. The number of carbonyl (C=O) groups excluding carboxylic acids is 1. The van der Waals surface area contributed by atoms with Gasteiger partial charge in [0.05, 0.1) is 26.0 Å². The number of sulfonamides is 1. The Morgan fingerprint density at radius 2 is 2.20 bits per heavy atom. The van der Waals surface area contributed by atoms with E-state index < -0.39 is 41.5 Å². The van der Waals surface area contributed by atoms with Crippen molar-refractivity contribution >= 4 is 15.9 Å². The van der Waals surface area contributed by atoms with Gasteiger partial charge in [-0.3, -0.25) is 4.79 Å². The van der Waals surface area contributed by atoms with Crippen LogP contribution < -0.4 is 15.8 Å². The molecule has 8 nitrogen and oxygen atoms in total. The molecule has 0 fully saturated rings. The molecule has 0 unspecified atom stereocenters. The monoisotopic (exact) mass is 311 g/mol. The molecule has 0 aliphatic carbocycles. The lowest BCUT2D eigenvalue weighted by atomic mass is 10.3. The van der Waals surface area contributed by atoms with Crippen LogP contribution in [0.1, 0.15) is 0 Å². The molecule has 1 rings (SSSR count). The van der Waals surface area contributed by atoms with Crippen molar-refractivity contribution in [1.29, 1.82) is 0 Å². The van der Waals surface area contributed by atoms with Gasteiger partial charge in [0.25, 0.3) is 15.9 Å². The molecule has 1 aromatic heterocycles. The van der Waals surface area contributed by atoms with Crippen LogP contribution in [-0.2, 0) is 21.9 Å². The lowest BCUT2D eigenvalue weighted by molar-refractivity contribution is -0.121. The van der Waals surface area contributed by atoms with Gasteiger partial charge >= 0.3 is 0 Å². The zero-order valence-corrected chi connectivity index (χ0v) is 11.5. The summed E-state index contributed by atoms with van der Waals surface area (Å²) in [6.45, 7) is -2.53. The number of nitrogens with one attached hydrogen (secondary N) is 2. The summed E-state index contributed by atoms with van der Waals surface area (Å²) in [5, 5.41) is 1.62. The Balaban J connectivity index is 2.49. The van der Waals surface area contributed by atoms with E-state index in [4.69, 9.17) is 5.73 Å². The fraction of sp³-hybridized carbons (Fsp3) is 0.556. The van der Waals surface area contributed by atoms with Gasteiger partial charge < -0.3 is 15.6 Å². The number of aryl methyl sites for hydroxylation is 1. The number of carbonyl (C=O) groups is 1. The second-order valence-electron chi connectivity index (χ2n) is 4.04. The molecule has 11 heteroatoms. The number of nitrogens with two attached hydrogens (primary N) is 1. The fourth-order valence-corrected chi connectivity index (χ4v) is 2.08. The first kappa shape index (κ1) is 16.5. The van der Waals surface area contributed by atoms with Gasteiger partial charge in [0.15, 0.2) is 5.03 Å². The Bertz CT molecular complexity index is 572. The highest BCUT2D eigenvalue weighted by Crippen LogP contribution is 2.08. The fourth-order valence-electron chi connectivity index (χ4n) is 1.12. The van der Waals surface area contributed by atoms with E-state index in [0.717, 1.165) is 0 Å². The summed E-state index contributed by atoms with van der Waals surface area (Å²) in [5.74, 6) is -4.12. The zero-order chi connectivity index (χ0) is 15.4. The molecule has 4 N–H and O–H groups in total. The summed E-state index contributed by atoms with van der Waals surface area (Å²) in [7, 11) is -2.37. The third kappa shape index (κ3) is 4.83. The van der Waals surface area contributed by atoms with E-state index in [1.807, 2.05) is 10.0 Å². The number of hydrogen-bond acceptors (Lipinski definition) is 5. The largest absolute Gasteiger partial charge is 0.349 e. The average Bonchev–Trinajstić information content (AvgIpc) is 2.82. The number of nitrogens with zero attached hydrogens (tertiary/aromatic N) is 2. The summed E-state index contributed by atoms with van der Waals surface area (Å²) in [5.41, 5.74) is 4.79. The van der Waals surface area contributed by atoms with Crippen LogP contribution in [0.2, 0.25) is 0 Å². The molecule has 0 atom stereocenters. The Morgan fingerprint density at radius 1 is 1.55 bits per heavy atom. The number of amides is 1. The Labute approximate surface area is 114 Å². The van der Waals surface area contributed by atoms with E-state index in [1.165, 1.54) is 17.1 Å². The highest BCUT2D eigenvalue weighted by Gasteiger charge is 2.27. The summed E-state index contributed by atoms with van der Waals surface area (Å²) < 4.78 is 52.2. The molecule has 114 valence electrons. The summed E-state index contributed by atoms with van der Waals surface area (Å²) in [4.78, 5) is 14.9. The van der Waals surface area contributed by atoms with Gasteiger partial charge in [0.1, 0.15) is 0 Å². The standard InChI is InChI=1S/C9H15F2N5O3S/c1-16-3-8(14-6-16)20(18,19)15-2-7(17)13-5-9(10,11)4-12/h3,6,15H,2,4-5,12H2,1H3,(H,13,17). The Hall–Kier alpha value is -1.59. The molecule has 1 heterocycles. The van der Waals surface area contributed by atoms with Crippen LogP contribution in [0.5, 0.6) is 0 Å². The molecule has 0 bridgehead atoms. The molecule has 0 aliphatic heterocycles. The van der Waals surface area contributed by atoms with E-state index in [2.05, 4.69) is 4.98 Å². The molecule has 20 heavy (non-hydrogen) atoms. The normalized spacial score (nSPS) is 12.4. The van der Waals surface area contributed by atoms with Crippen molar-refractivity contribution in [3.63, 3.8) is 0 Å². The molecule has 1 amide bonds. The van der Waals surface area contributed by atoms with Crippen LogP contribution in [0.15, 0.2) is 17.6 Å². The first-order valence-corrected chi connectivity index (χ1v) is 6.97. The van der Waals surface area contributed by atoms with Crippen molar-refractivity contribution in [1.82, 2.24) is 19.6 Å². The molecule has 0 radical (unpaired) electrons. The van der Waals surface area contributed by atoms with Gasteiger partial charge in [-0.2, -0.15) is 0 Å². The van der Waals surface area contributed by atoms with E-state index in [0.29, 0.717) is 0 Å². The maximum absolute atomic E-state index is 12.8. The maximum Gasteiger partial charge on any atom is 0.277 e. The van der Waals surface area contributed by atoms with Gasteiger partial charge in [-0.05, 0) is 0 Å². The lowest BCUT2D eigenvalue weighted by Gasteiger charge is -2.14. The zero-order valence-electron chi connectivity index (χ0n) is 10.6. The van der Waals surface area contributed by atoms with E-state index in [1.54, 1.807) is 7.05 Å². The lowest BCUT2D eigenvalue weighted by Crippen LogP contribution is -2.45. The maximum atomic E-state index is 12.8. The van der Waals surface area contributed by atoms with Crippen molar-refractivity contribution in [2.45, 2.75) is 10.9 Å². The SMILES string of the molecule is Cn1cnc(S(=O)(=O)NCC(=O)NCC(F)(F)CN)c1. The highest BCUT2D eigenvalue weighted by atomic mass is 32.2. The van der Waals surface area contributed by atoms with Crippen molar-refractivity contribution in [3.05, 3.63) is 12.5 Å². The molecular formula is C9H15F2N5O3S. The third-order valence-corrected chi connectivity index (χ3v) is 3.51. The number of alkyl halides is 2. The number of imidazole rings is 1. The highest BCUT2D eigenvalue weighted by molar-refractivity contribution is 7.89. The van der Waals surface area contributed by atoms with Gasteiger partial charge in [-0.1, -0.05) is 0 Å². The minimum absolute atomic E-state index is 0.264. The number of aromatic nitrogens is 2. The molecule has 0 spiro atoms. The molecule has 0 aliphatic rings. The van der Waals surface area contributed by atoms with Crippen LogP contribution in [0.4, 0.5) is 8.78 Å². The second-order valence-corrected chi connectivity index (χ2v) is 5.75. The summed E-state index contributed by atoms with van der Waals surface area (Å²) >= 11 is 0. The van der Waals surface area contributed by atoms with Crippen molar-refractivity contribution < 1.29 is 22.0 Å². The third-order valence-electron chi connectivity index (χ3n) is 2.22. The topological polar surface area (TPSA) is 119 Å². The van der Waals surface area contributed by atoms with Gasteiger partial charge in [0.2, 0.25) is 5.91 Å². The molecular weight excluding hydrogens is 296 g/mol. The van der Waals surface area contributed by atoms with Gasteiger partial charge in [-0.25, -0.2) is 26.9 Å². The number of rotatable bonds is 7. The molecule has 1 aromatic rings. The Kier molecular flexibility index (Phi) is 5.14. The molecule has 0 aromatic carbocycles. The quantitative estimate of drug-likeness (QED) is 0.561. The average molecular weight is 311 g/mol. The Morgan fingerprint density at radius 3 is 2.70 bits per heavy atom. The van der Waals surface area contributed by atoms with Crippen molar-refractivity contribution in [3.8, 4) is 0 Å². The van der Waals surface area contributed by atoms with Crippen LogP contribution >= 0.6 is 0 Å². The first-order chi connectivity index (χ1) is 9.16. The number of halogens is 2. The van der Waals surface area contributed by atoms with E-state index in [9.17, 15) is 22.0 Å². The van der Waals surface area contributed by atoms with E-state index in [-0.39, 0.29) is 5.03 Å². The van der Waals surface area contributed by atoms with E-state index >= 15 is 0 Å². The van der Waals surface area contributed by atoms with Crippen molar-refractivity contribution in [2.24, 2.45) is 12.8 Å². The first-order valence-electron chi connectivity index (χ1n) is 5.48. The van der Waals surface area contributed by atoms with Crippen molar-refractivity contribution in [2.75, 3.05) is 19.6 Å². The molecule has 0 saturated heterocycles. The van der Waals surface area contributed by atoms with Crippen LogP contribution in [0.3, 0.4) is 0 Å².